The van der Waals surface area contributed by atoms with Crippen LogP contribution in [0.1, 0.15) is 22.8 Å². The van der Waals surface area contributed by atoms with Crippen molar-refractivity contribution in [2.75, 3.05) is 11.9 Å². The SMILES string of the molecule is CCOC(=O)c1ccc2c(c1)C(O)(C(F)(F)F)C(=O)N2. The Morgan fingerprint density at radius 3 is 2.65 bits per heavy atom. The molecule has 1 aliphatic heterocycles. The van der Waals surface area contributed by atoms with Gasteiger partial charge in [0.25, 0.3) is 11.5 Å². The maximum Gasteiger partial charge on any atom is 0.430 e. The van der Waals surface area contributed by atoms with E-state index in [1.165, 1.54) is 6.07 Å². The second kappa shape index (κ2) is 4.48. The van der Waals surface area contributed by atoms with Crippen molar-refractivity contribution < 1.29 is 32.6 Å². The highest BCUT2D eigenvalue weighted by Crippen LogP contribution is 2.46. The molecule has 1 aromatic carbocycles. The number of aliphatic hydroxyl groups is 1. The summed E-state index contributed by atoms with van der Waals surface area (Å²) >= 11 is 0. The van der Waals surface area contributed by atoms with Crippen LogP contribution in [-0.4, -0.2) is 29.8 Å². The lowest BCUT2D eigenvalue weighted by Crippen LogP contribution is -2.47. The fourth-order valence-corrected chi connectivity index (χ4v) is 1.91. The minimum absolute atomic E-state index is 0.0522. The van der Waals surface area contributed by atoms with E-state index in [1.54, 1.807) is 6.92 Å². The number of hydrogen-bond donors (Lipinski definition) is 2. The van der Waals surface area contributed by atoms with Gasteiger partial charge < -0.3 is 15.2 Å². The van der Waals surface area contributed by atoms with Gasteiger partial charge in [0.2, 0.25) is 0 Å². The first-order valence-electron chi connectivity index (χ1n) is 5.64. The Balaban J connectivity index is 2.54. The third kappa shape index (κ3) is 1.92. The summed E-state index contributed by atoms with van der Waals surface area (Å²) in [7, 11) is 0. The molecule has 1 unspecified atom stereocenters. The van der Waals surface area contributed by atoms with Crippen molar-refractivity contribution in [1.82, 2.24) is 0 Å². The van der Waals surface area contributed by atoms with Crippen LogP contribution in [0.25, 0.3) is 0 Å². The van der Waals surface area contributed by atoms with Gasteiger partial charge in [-0.15, -0.1) is 0 Å². The second-order valence-corrected chi connectivity index (χ2v) is 4.14. The molecule has 0 bridgehead atoms. The van der Waals surface area contributed by atoms with Gasteiger partial charge >= 0.3 is 12.1 Å². The molecule has 2 N–H and O–H groups in total. The molecule has 108 valence electrons. The summed E-state index contributed by atoms with van der Waals surface area (Å²) in [5.41, 5.74) is -4.74. The van der Waals surface area contributed by atoms with Crippen LogP contribution in [0.2, 0.25) is 0 Å². The number of nitrogens with one attached hydrogen (secondary N) is 1. The van der Waals surface area contributed by atoms with Crippen LogP contribution in [0, 0.1) is 0 Å². The fourth-order valence-electron chi connectivity index (χ4n) is 1.91. The van der Waals surface area contributed by atoms with Gasteiger partial charge in [-0.3, -0.25) is 4.79 Å². The van der Waals surface area contributed by atoms with Crippen LogP contribution in [-0.2, 0) is 15.1 Å². The lowest BCUT2D eigenvalue weighted by molar-refractivity contribution is -0.252. The number of ether oxygens (including phenoxy) is 1. The Kier molecular flexibility index (Phi) is 3.21. The van der Waals surface area contributed by atoms with Gasteiger partial charge in [-0.25, -0.2) is 4.79 Å². The number of carbonyl (C=O) groups is 2. The normalized spacial score (nSPS) is 21.4. The van der Waals surface area contributed by atoms with E-state index in [9.17, 15) is 27.9 Å². The standard InChI is InChI=1S/C12H10F3NO4/c1-2-20-9(17)6-3-4-8-7(5-6)11(19,10(18)16-8)12(13,14)15/h3-5,19H,2H2,1H3,(H,16,18). The van der Waals surface area contributed by atoms with E-state index in [0.717, 1.165) is 12.1 Å². The monoisotopic (exact) mass is 289 g/mol. The molecule has 0 fully saturated rings. The average molecular weight is 289 g/mol. The zero-order valence-electron chi connectivity index (χ0n) is 10.2. The van der Waals surface area contributed by atoms with Gasteiger partial charge in [-0.2, -0.15) is 13.2 Å². The molecule has 0 radical (unpaired) electrons. The Morgan fingerprint density at radius 1 is 1.45 bits per heavy atom. The van der Waals surface area contributed by atoms with Crippen molar-refractivity contribution >= 4 is 17.6 Å². The Morgan fingerprint density at radius 2 is 2.10 bits per heavy atom. The van der Waals surface area contributed by atoms with E-state index < -0.39 is 29.2 Å². The summed E-state index contributed by atoms with van der Waals surface area (Å²) in [5, 5.41) is 11.6. The number of hydrogen-bond acceptors (Lipinski definition) is 4. The zero-order valence-corrected chi connectivity index (χ0v) is 10.2. The number of alkyl halides is 3. The summed E-state index contributed by atoms with van der Waals surface area (Å²) in [4.78, 5) is 22.9. The van der Waals surface area contributed by atoms with Crippen molar-refractivity contribution in [3.63, 3.8) is 0 Å². The Bertz CT molecular complexity index is 585. The molecule has 0 spiro atoms. The molecule has 1 aromatic rings. The molecule has 0 saturated heterocycles. The van der Waals surface area contributed by atoms with Crippen molar-refractivity contribution in [3.05, 3.63) is 29.3 Å². The van der Waals surface area contributed by atoms with Gasteiger partial charge in [-0.1, -0.05) is 0 Å². The molecule has 0 aromatic heterocycles. The molecule has 8 heteroatoms. The van der Waals surface area contributed by atoms with Gasteiger partial charge in [0.05, 0.1) is 12.2 Å². The predicted molar refractivity (Wildman–Crippen MR) is 61.0 cm³/mol. The third-order valence-electron chi connectivity index (χ3n) is 2.91. The topological polar surface area (TPSA) is 75.6 Å². The van der Waals surface area contributed by atoms with Crippen LogP contribution >= 0.6 is 0 Å². The Labute approximate surface area is 111 Å². The lowest BCUT2D eigenvalue weighted by atomic mass is 9.93. The molecule has 2 rings (SSSR count). The fraction of sp³-hybridized carbons (Fsp3) is 0.333. The maximum absolute atomic E-state index is 12.9. The second-order valence-electron chi connectivity index (χ2n) is 4.14. The number of halogens is 3. The highest BCUT2D eigenvalue weighted by atomic mass is 19.4. The van der Waals surface area contributed by atoms with E-state index in [2.05, 4.69) is 4.74 Å². The summed E-state index contributed by atoms with van der Waals surface area (Å²) < 4.78 is 43.4. The summed E-state index contributed by atoms with van der Waals surface area (Å²) in [5.74, 6) is -2.43. The van der Waals surface area contributed by atoms with Gasteiger partial charge in [-0.05, 0) is 25.1 Å². The molecule has 1 atom stereocenters. The highest BCUT2D eigenvalue weighted by molar-refractivity contribution is 6.06. The maximum atomic E-state index is 12.9. The first kappa shape index (κ1) is 14.3. The van der Waals surface area contributed by atoms with Gasteiger partial charge in [0.15, 0.2) is 0 Å². The molecular formula is C12H10F3NO4. The molecule has 20 heavy (non-hydrogen) atoms. The highest BCUT2D eigenvalue weighted by Gasteiger charge is 2.64. The molecule has 0 saturated carbocycles. The van der Waals surface area contributed by atoms with Crippen molar-refractivity contribution in [2.24, 2.45) is 0 Å². The number of esters is 1. The molecule has 5 nitrogen and oxygen atoms in total. The number of benzene rings is 1. The smallest absolute Gasteiger partial charge is 0.430 e. The van der Waals surface area contributed by atoms with Crippen LogP contribution in [0.5, 0.6) is 0 Å². The van der Waals surface area contributed by atoms with E-state index in [0.29, 0.717) is 0 Å². The zero-order chi connectivity index (χ0) is 15.1. The summed E-state index contributed by atoms with van der Waals surface area (Å²) in [6, 6.07) is 3.13. The van der Waals surface area contributed by atoms with E-state index in [1.807, 2.05) is 5.32 Å². The minimum Gasteiger partial charge on any atom is -0.462 e. The van der Waals surface area contributed by atoms with Crippen molar-refractivity contribution in [2.45, 2.75) is 18.7 Å². The quantitative estimate of drug-likeness (QED) is 0.810. The van der Waals surface area contributed by atoms with E-state index >= 15 is 0 Å². The van der Waals surface area contributed by atoms with Crippen molar-refractivity contribution in [3.8, 4) is 0 Å². The van der Waals surface area contributed by atoms with Crippen LogP contribution in [0.4, 0.5) is 18.9 Å². The van der Waals surface area contributed by atoms with Crippen LogP contribution < -0.4 is 5.32 Å². The van der Waals surface area contributed by atoms with Crippen molar-refractivity contribution in [1.29, 1.82) is 0 Å². The van der Waals surface area contributed by atoms with Crippen LogP contribution in [0.3, 0.4) is 0 Å². The largest absolute Gasteiger partial charge is 0.462 e. The first-order valence-corrected chi connectivity index (χ1v) is 5.64. The van der Waals surface area contributed by atoms with Crippen LogP contribution in [0.15, 0.2) is 18.2 Å². The number of fused-ring (bicyclic) bond motifs is 1. The molecule has 1 amide bonds. The lowest BCUT2D eigenvalue weighted by Gasteiger charge is -2.23. The third-order valence-corrected chi connectivity index (χ3v) is 2.91. The molecule has 1 heterocycles. The van der Waals surface area contributed by atoms with E-state index in [-0.39, 0.29) is 17.9 Å². The van der Waals surface area contributed by atoms with E-state index in [4.69, 9.17) is 0 Å². The number of amides is 1. The molecular weight excluding hydrogens is 279 g/mol. The average Bonchev–Trinajstić information content (AvgIpc) is 2.62. The van der Waals surface area contributed by atoms with Gasteiger partial charge in [0.1, 0.15) is 0 Å². The van der Waals surface area contributed by atoms with Gasteiger partial charge in [0, 0.05) is 11.3 Å². The molecule has 0 aliphatic carbocycles. The minimum atomic E-state index is -5.20. The number of carbonyl (C=O) groups excluding carboxylic acids is 2. The Hall–Kier alpha value is -2.09. The molecule has 1 aliphatic rings. The predicted octanol–water partition coefficient (Wildman–Crippen LogP) is 1.57. The summed E-state index contributed by atoms with van der Waals surface area (Å²) in [6.07, 6.45) is -5.20. The summed E-state index contributed by atoms with van der Waals surface area (Å²) in [6.45, 7) is 1.60. The first-order chi connectivity index (χ1) is 9.21. The number of rotatable bonds is 2. The number of anilines is 1.